The quantitative estimate of drug-likeness (QED) is 0.704. The topological polar surface area (TPSA) is 3.88 Å². The van der Waals surface area contributed by atoms with Crippen molar-refractivity contribution in [2.75, 3.05) is 0 Å². The maximum Gasteiger partial charge on any atom is 0.191 e. The van der Waals surface area contributed by atoms with Gasteiger partial charge in [0.2, 0.25) is 0 Å². The fourth-order valence-corrected chi connectivity index (χ4v) is 3.53. The molecule has 0 aliphatic carbocycles. The van der Waals surface area contributed by atoms with Gasteiger partial charge in [-0.05, 0) is 44.4 Å². The zero-order valence-electron chi connectivity index (χ0n) is 15.4. The molecule has 2 aromatic rings. The minimum atomic E-state index is -0.0217. The number of nitrogens with zero attached hydrogens (tertiary/aromatic N) is 1. The van der Waals surface area contributed by atoms with Gasteiger partial charge in [0.25, 0.3) is 0 Å². The number of benzene rings is 1. The predicted octanol–water partition coefficient (Wildman–Crippen LogP) is 4.75. The Morgan fingerprint density at radius 2 is 1.36 bits per heavy atom. The number of hydrogen-bond acceptors (Lipinski definition) is 0. The van der Waals surface area contributed by atoms with Crippen LogP contribution < -0.4 is 4.57 Å². The summed E-state index contributed by atoms with van der Waals surface area (Å²) in [6, 6.07) is 13.4. The first-order chi connectivity index (χ1) is 10.0. The predicted molar refractivity (Wildman–Crippen MR) is 94.4 cm³/mol. The summed E-state index contributed by atoms with van der Waals surface area (Å²) in [6.07, 6.45) is 0. The molecule has 0 atom stereocenters. The molecule has 0 spiro atoms. The molecule has 0 N–H and O–H groups in total. The molecule has 0 saturated heterocycles. The van der Waals surface area contributed by atoms with E-state index in [2.05, 4.69) is 96.5 Å². The van der Waals surface area contributed by atoms with Gasteiger partial charge in [-0.2, -0.15) is 0 Å². The first kappa shape index (κ1) is 16.7. The van der Waals surface area contributed by atoms with Gasteiger partial charge in [0.05, 0.1) is 5.41 Å². The Labute approximate surface area is 136 Å². The van der Waals surface area contributed by atoms with Crippen molar-refractivity contribution in [3.8, 4) is 0 Å². The Hall–Kier alpha value is -1.63. The monoisotopic (exact) mass is 296 g/mol. The number of aromatic nitrogens is 1. The highest BCUT2D eigenvalue weighted by molar-refractivity contribution is 5.39. The summed E-state index contributed by atoms with van der Waals surface area (Å²) in [5, 5.41) is 0. The van der Waals surface area contributed by atoms with Crippen LogP contribution in [-0.2, 0) is 17.9 Å². The second-order valence-electron chi connectivity index (χ2n) is 8.05. The summed E-state index contributed by atoms with van der Waals surface area (Å²) >= 11 is 0. The van der Waals surface area contributed by atoms with E-state index in [1.54, 1.807) is 0 Å². The molecule has 1 aromatic heterocycles. The van der Waals surface area contributed by atoms with Gasteiger partial charge >= 0.3 is 0 Å². The Morgan fingerprint density at radius 3 is 1.91 bits per heavy atom. The van der Waals surface area contributed by atoms with Crippen LogP contribution in [-0.4, -0.2) is 0 Å². The Bertz CT molecular complexity index is 688. The Balaban J connectivity index is 2.72. The fourth-order valence-electron chi connectivity index (χ4n) is 3.53. The van der Waals surface area contributed by atoms with E-state index in [9.17, 15) is 0 Å². The van der Waals surface area contributed by atoms with Gasteiger partial charge in [0.15, 0.2) is 11.4 Å². The van der Waals surface area contributed by atoms with Crippen molar-refractivity contribution in [2.45, 2.75) is 59.3 Å². The molecule has 1 aromatic carbocycles. The molecule has 0 bridgehead atoms. The van der Waals surface area contributed by atoms with E-state index in [1.165, 1.54) is 28.1 Å². The van der Waals surface area contributed by atoms with Crippen LogP contribution in [0.15, 0.2) is 36.4 Å². The first-order valence-corrected chi connectivity index (χ1v) is 8.13. The molecular formula is C21H30N+. The molecule has 1 nitrogen and oxygen atoms in total. The van der Waals surface area contributed by atoms with Crippen molar-refractivity contribution in [3.05, 3.63) is 64.5 Å². The Morgan fingerprint density at radius 1 is 0.818 bits per heavy atom. The van der Waals surface area contributed by atoms with Crippen LogP contribution in [0.1, 0.15) is 62.7 Å². The molecule has 2 rings (SSSR count). The molecule has 0 amide bonds. The molecule has 1 heterocycles. The summed E-state index contributed by atoms with van der Waals surface area (Å²) < 4.78 is 2.39. The summed E-state index contributed by atoms with van der Waals surface area (Å²) in [5.41, 5.74) is 6.95. The zero-order chi connectivity index (χ0) is 16.7. The standard InChI is InChI=1S/C21H30N/c1-15-13-18(20(3,4)5)22(8)19(14-15)21(6,7)17-12-10-9-11-16(17)2/h9-14H,1-8H3/q+1. The van der Waals surface area contributed by atoms with Crippen LogP contribution in [0.3, 0.4) is 0 Å². The third-order valence-electron chi connectivity index (χ3n) is 4.68. The summed E-state index contributed by atoms with van der Waals surface area (Å²) in [5.74, 6) is 0. The molecule has 22 heavy (non-hydrogen) atoms. The van der Waals surface area contributed by atoms with Crippen molar-refractivity contribution in [1.29, 1.82) is 0 Å². The summed E-state index contributed by atoms with van der Waals surface area (Å²) in [7, 11) is 2.20. The number of aryl methyl sites for hydroxylation is 2. The van der Waals surface area contributed by atoms with Crippen molar-refractivity contribution in [1.82, 2.24) is 0 Å². The lowest BCUT2D eigenvalue weighted by molar-refractivity contribution is -0.692. The molecule has 0 saturated carbocycles. The van der Waals surface area contributed by atoms with Crippen molar-refractivity contribution >= 4 is 0 Å². The van der Waals surface area contributed by atoms with E-state index in [-0.39, 0.29) is 10.8 Å². The van der Waals surface area contributed by atoms with Gasteiger partial charge in [0, 0.05) is 17.5 Å². The van der Waals surface area contributed by atoms with Crippen molar-refractivity contribution in [3.63, 3.8) is 0 Å². The molecular weight excluding hydrogens is 266 g/mol. The second-order valence-corrected chi connectivity index (χ2v) is 8.05. The van der Waals surface area contributed by atoms with Crippen molar-refractivity contribution < 1.29 is 4.57 Å². The van der Waals surface area contributed by atoms with Crippen LogP contribution in [0.2, 0.25) is 0 Å². The van der Waals surface area contributed by atoms with Gasteiger partial charge in [0.1, 0.15) is 7.05 Å². The SMILES string of the molecule is Cc1cc(C(C)(C)C)[n+](C)c(C(C)(C)c2ccccc2C)c1. The maximum absolute atomic E-state index is 2.39. The normalized spacial score (nSPS) is 12.5. The van der Waals surface area contributed by atoms with E-state index in [1.807, 2.05) is 0 Å². The average molecular weight is 296 g/mol. The zero-order valence-corrected chi connectivity index (χ0v) is 15.4. The molecule has 0 radical (unpaired) electrons. The third-order valence-corrected chi connectivity index (χ3v) is 4.68. The van der Waals surface area contributed by atoms with Crippen LogP contribution in [0.4, 0.5) is 0 Å². The lowest BCUT2D eigenvalue weighted by atomic mass is 9.77. The fraction of sp³-hybridized carbons (Fsp3) is 0.476. The van der Waals surface area contributed by atoms with Crippen molar-refractivity contribution in [2.24, 2.45) is 7.05 Å². The van der Waals surface area contributed by atoms with E-state index < -0.39 is 0 Å². The van der Waals surface area contributed by atoms with Gasteiger partial charge in [-0.25, -0.2) is 4.57 Å². The third kappa shape index (κ3) is 2.95. The number of rotatable bonds is 2. The number of pyridine rings is 1. The summed E-state index contributed by atoms with van der Waals surface area (Å²) in [4.78, 5) is 0. The molecule has 118 valence electrons. The minimum Gasteiger partial charge on any atom is -0.201 e. The van der Waals surface area contributed by atoms with Crippen LogP contribution in [0.5, 0.6) is 0 Å². The van der Waals surface area contributed by atoms with Crippen LogP contribution in [0.25, 0.3) is 0 Å². The van der Waals surface area contributed by atoms with E-state index in [4.69, 9.17) is 0 Å². The van der Waals surface area contributed by atoms with Gasteiger partial charge in [-0.3, -0.25) is 0 Å². The minimum absolute atomic E-state index is 0.0217. The van der Waals surface area contributed by atoms with E-state index in [0.717, 1.165) is 0 Å². The largest absolute Gasteiger partial charge is 0.201 e. The lowest BCUT2D eigenvalue weighted by Gasteiger charge is -2.27. The van der Waals surface area contributed by atoms with E-state index in [0.29, 0.717) is 0 Å². The number of hydrogen-bond donors (Lipinski definition) is 0. The average Bonchev–Trinajstić information content (AvgIpc) is 2.40. The van der Waals surface area contributed by atoms with Gasteiger partial charge < -0.3 is 0 Å². The van der Waals surface area contributed by atoms with Gasteiger partial charge in [-0.1, -0.05) is 45.0 Å². The molecule has 0 unspecified atom stereocenters. The maximum atomic E-state index is 2.39. The first-order valence-electron chi connectivity index (χ1n) is 8.13. The van der Waals surface area contributed by atoms with Gasteiger partial charge in [-0.15, -0.1) is 0 Å². The smallest absolute Gasteiger partial charge is 0.191 e. The highest BCUT2D eigenvalue weighted by atomic mass is 15.0. The van der Waals surface area contributed by atoms with Crippen LogP contribution in [0, 0.1) is 13.8 Å². The summed E-state index contributed by atoms with van der Waals surface area (Å²) in [6.45, 7) is 15.9. The Kier molecular flexibility index (Phi) is 4.21. The second kappa shape index (κ2) is 5.53. The lowest BCUT2D eigenvalue weighted by Crippen LogP contribution is -2.48. The molecule has 0 aliphatic heterocycles. The van der Waals surface area contributed by atoms with Crippen LogP contribution >= 0.6 is 0 Å². The van der Waals surface area contributed by atoms with E-state index >= 15 is 0 Å². The molecule has 0 fully saturated rings. The molecule has 1 heteroatoms. The highest BCUT2D eigenvalue weighted by Gasteiger charge is 2.36. The highest BCUT2D eigenvalue weighted by Crippen LogP contribution is 2.33. The molecule has 0 aliphatic rings.